The average molecular weight is 372 g/mol. The minimum absolute atomic E-state index is 0.0374. The maximum Gasteiger partial charge on any atom is 0.242 e. The molecule has 1 aliphatic heterocycles. The van der Waals surface area contributed by atoms with Gasteiger partial charge in [0.25, 0.3) is 0 Å². The molecule has 6 heteroatoms. The molecule has 1 heterocycles. The molecule has 0 saturated heterocycles. The number of anilines is 1. The van der Waals surface area contributed by atoms with Crippen LogP contribution in [0.25, 0.3) is 0 Å². The van der Waals surface area contributed by atoms with E-state index in [1.165, 1.54) is 4.31 Å². The number of fused-ring (bicyclic) bond motifs is 1. The number of rotatable bonds is 6. The topological polar surface area (TPSA) is 57.7 Å². The van der Waals surface area contributed by atoms with E-state index in [1.54, 1.807) is 4.90 Å². The summed E-state index contributed by atoms with van der Waals surface area (Å²) < 4.78 is 25.6. The van der Waals surface area contributed by atoms with E-state index in [0.717, 1.165) is 29.5 Å². The van der Waals surface area contributed by atoms with Crippen LogP contribution in [0.2, 0.25) is 0 Å². The molecule has 3 rings (SSSR count). The molecule has 0 aromatic heterocycles. The van der Waals surface area contributed by atoms with Gasteiger partial charge in [0.05, 0.1) is 12.8 Å². The van der Waals surface area contributed by atoms with Gasteiger partial charge in [-0.05, 0) is 37.0 Å². The van der Waals surface area contributed by atoms with E-state index in [2.05, 4.69) is 0 Å². The number of nitrogens with zero attached hydrogens (tertiary/aromatic N) is 2. The van der Waals surface area contributed by atoms with Crippen molar-refractivity contribution in [3.63, 3.8) is 0 Å². The standard InChI is InChI=1S/C20H24N2O3S/c1-16-14-18-10-6-7-11-19(18)22(16)20(23)15-21(26(2,24)25)13-12-17-8-4-3-5-9-17/h3-11,16H,12-15H2,1-2H3/t16-/m1/s1. The van der Waals surface area contributed by atoms with Gasteiger partial charge in [0, 0.05) is 18.3 Å². The molecule has 0 spiro atoms. The first-order chi connectivity index (χ1) is 12.4. The minimum Gasteiger partial charge on any atom is -0.308 e. The number of hydrogen-bond donors (Lipinski definition) is 0. The second-order valence-corrected chi connectivity index (χ2v) is 8.76. The van der Waals surface area contributed by atoms with E-state index in [4.69, 9.17) is 0 Å². The Morgan fingerprint density at radius 2 is 1.77 bits per heavy atom. The quantitative estimate of drug-likeness (QED) is 0.783. The van der Waals surface area contributed by atoms with E-state index in [1.807, 2.05) is 61.5 Å². The molecular weight excluding hydrogens is 348 g/mol. The summed E-state index contributed by atoms with van der Waals surface area (Å²) in [6.07, 6.45) is 2.53. The van der Waals surface area contributed by atoms with Crippen LogP contribution in [-0.4, -0.2) is 44.0 Å². The Balaban J connectivity index is 1.74. The Labute approximate surface area is 155 Å². The average Bonchev–Trinajstić information content (AvgIpc) is 2.94. The first-order valence-corrected chi connectivity index (χ1v) is 10.6. The molecule has 0 unspecified atom stereocenters. The van der Waals surface area contributed by atoms with Crippen molar-refractivity contribution in [3.8, 4) is 0 Å². The molecule has 0 aliphatic carbocycles. The van der Waals surface area contributed by atoms with Gasteiger partial charge in [-0.1, -0.05) is 48.5 Å². The van der Waals surface area contributed by atoms with Gasteiger partial charge in [-0.2, -0.15) is 4.31 Å². The van der Waals surface area contributed by atoms with Crippen LogP contribution in [-0.2, 0) is 27.7 Å². The third-order valence-corrected chi connectivity index (χ3v) is 6.00. The highest BCUT2D eigenvalue weighted by atomic mass is 32.2. The SMILES string of the molecule is C[C@@H]1Cc2ccccc2N1C(=O)CN(CCc1ccccc1)S(C)(=O)=O. The van der Waals surface area contributed by atoms with Crippen LogP contribution >= 0.6 is 0 Å². The van der Waals surface area contributed by atoms with Crippen LogP contribution in [0.5, 0.6) is 0 Å². The molecule has 1 aliphatic rings. The van der Waals surface area contributed by atoms with Gasteiger partial charge in [0.15, 0.2) is 0 Å². The van der Waals surface area contributed by atoms with Crippen LogP contribution in [0.3, 0.4) is 0 Å². The van der Waals surface area contributed by atoms with Gasteiger partial charge in [0.1, 0.15) is 0 Å². The second kappa shape index (κ2) is 7.60. The molecule has 0 bridgehead atoms. The maximum atomic E-state index is 12.9. The van der Waals surface area contributed by atoms with Crippen molar-refractivity contribution in [2.24, 2.45) is 0 Å². The highest BCUT2D eigenvalue weighted by Gasteiger charge is 2.32. The highest BCUT2D eigenvalue weighted by molar-refractivity contribution is 7.88. The van der Waals surface area contributed by atoms with Gasteiger partial charge < -0.3 is 4.90 Å². The number of hydrogen-bond acceptors (Lipinski definition) is 3. The molecule has 138 valence electrons. The zero-order chi connectivity index (χ0) is 18.7. The predicted molar refractivity (Wildman–Crippen MR) is 104 cm³/mol. The number of amides is 1. The Bertz CT molecular complexity index is 881. The fourth-order valence-corrected chi connectivity index (χ4v) is 4.20. The summed E-state index contributed by atoms with van der Waals surface area (Å²) in [5.41, 5.74) is 3.07. The molecule has 1 amide bonds. The molecule has 1 atom stereocenters. The summed E-state index contributed by atoms with van der Waals surface area (Å²) in [5, 5.41) is 0. The Morgan fingerprint density at radius 3 is 2.46 bits per heavy atom. The summed E-state index contributed by atoms with van der Waals surface area (Å²) in [6, 6.07) is 17.5. The molecule has 26 heavy (non-hydrogen) atoms. The monoisotopic (exact) mass is 372 g/mol. The summed E-state index contributed by atoms with van der Waals surface area (Å²) >= 11 is 0. The maximum absolute atomic E-state index is 12.9. The third-order valence-electron chi connectivity index (χ3n) is 4.75. The van der Waals surface area contributed by atoms with Crippen molar-refractivity contribution in [1.29, 1.82) is 0 Å². The van der Waals surface area contributed by atoms with Crippen molar-refractivity contribution in [3.05, 3.63) is 65.7 Å². The van der Waals surface area contributed by atoms with E-state index in [-0.39, 0.29) is 18.5 Å². The van der Waals surface area contributed by atoms with Crippen molar-refractivity contribution < 1.29 is 13.2 Å². The summed E-state index contributed by atoms with van der Waals surface area (Å²) in [7, 11) is -3.47. The summed E-state index contributed by atoms with van der Waals surface area (Å²) in [5.74, 6) is -0.180. The van der Waals surface area contributed by atoms with E-state index in [0.29, 0.717) is 13.0 Å². The third kappa shape index (κ3) is 4.14. The van der Waals surface area contributed by atoms with E-state index >= 15 is 0 Å². The number of carbonyl (C=O) groups excluding carboxylic acids is 1. The lowest BCUT2D eigenvalue weighted by molar-refractivity contribution is -0.119. The number of benzene rings is 2. The Hall–Kier alpha value is -2.18. The molecule has 0 fully saturated rings. The fraction of sp³-hybridized carbons (Fsp3) is 0.350. The van der Waals surface area contributed by atoms with Gasteiger partial charge in [-0.25, -0.2) is 8.42 Å². The molecule has 0 N–H and O–H groups in total. The highest BCUT2D eigenvalue weighted by Crippen LogP contribution is 2.31. The molecule has 5 nitrogen and oxygen atoms in total. The van der Waals surface area contributed by atoms with Crippen molar-refractivity contribution in [2.75, 3.05) is 24.2 Å². The Morgan fingerprint density at radius 1 is 1.12 bits per heavy atom. The zero-order valence-corrected chi connectivity index (χ0v) is 15.9. The summed E-state index contributed by atoms with van der Waals surface area (Å²) in [6.45, 7) is 2.15. The summed E-state index contributed by atoms with van der Waals surface area (Å²) in [4.78, 5) is 14.6. The predicted octanol–water partition coefficient (Wildman–Crippen LogP) is 2.47. The van der Waals surface area contributed by atoms with Crippen molar-refractivity contribution >= 4 is 21.6 Å². The lowest BCUT2D eigenvalue weighted by Crippen LogP contribution is -2.45. The number of sulfonamides is 1. The van der Waals surface area contributed by atoms with Crippen molar-refractivity contribution in [1.82, 2.24) is 4.31 Å². The lowest BCUT2D eigenvalue weighted by Gasteiger charge is -2.26. The molecule has 0 saturated carbocycles. The largest absolute Gasteiger partial charge is 0.308 e. The van der Waals surface area contributed by atoms with Gasteiger partial charge in [-0.15, -0.1) is 0 Å². The van der Waals surface area contributed by atoms with Crippen LogP contribution in [0.1, 0.15) is 18.1 Å². The first kappa shape index (κ1) is 18.6. The van der Waals surface area contributed by atoms with Gasteiger partial charge in [-0.3, -0.25) is 4.79 Å². The number of carbonyl (C=O) groups is 1. The zero-order valence-electron chi connectivity index (χ0n) is 15.1. The van der Waals surface area contributed by atoms with E-state index in [9.17, 15) is 13.2 Å². The molecular formula is C20H24N2O3S. The van der Waals surface area contributed by atoms with Crippen LogP contribution in [0, 0.1) is 0 Å². The van der Waals surface area contributed by atoms with Gasteiger partial charge >= 0.3 is 0 Å². The van der Waals surface area contributed by atoms with Crippen LogP contribution in [0.4, 0.5) is 5.69 Å². The normalized spacial score (nSPS) is 16.7. The second-order valence-electron chi connectivity index (χ2n) is 6.78. The van der Waals surface area contributed by atoms with Crippen LogP contribution < -0.4 is 4.90 Å². The lowest BCUT2D eigenvalue weighted by atomic mass is 10.1. The fourth-order valence-electron chi connectivity index (χ4n) is 3.43. The minimum atomic E-state index is -3.47. The first-order valence-electron chi connectivity index (χ1n) is 8.75. The molecule has 2 aromatic carbocycles. The molecule has 2 aromatic rings. The van der Waals surface area contributed by atoms with Gasteiger partial charge in [0.2, 0.25) is 15.9 Å². The van der Waals surface area contributed by atoms with Crippen LogP contribution in [0.15, 0.2) is 54.6 Å². The smallest absolute Gasteiger partial charge is 0.242 e. The van der Waals surface area contributed by atoms with Crippen molar-refractivity contribution in [2.45, 2.75) is 25.8 Å². The number of para-hydroxylation sites is 1. The molecule has 0 radical (unpaired) electrons. The van der Waals surface area contributed by atoms with E-state index < -0.39 is 10.0 Å². The Kier molecular flexibility index (Phi) is 5.44.